The molecule has 1 saturated heterocycles. The van der Waals surface area contributed by atoms with Crippen LogP contribution in [-0.4, -0.2) is 35.7 Å². The lowest BCUT2D eigenvalue weighted by molar-refractivity contribution is -0.149. The van der Waals surface area contributed by atoms with E-state index in [0.29, 0.717) is 11.5 Å². The second kappa shape index (κ2) is 5.52. The van der Waals surface area contributed by atoms with Crippen molar-refractivity contribution in [2.24, 2.45) is 0 Å². The Morgan fingerprint density at radius 2 is 1.77 bits per heavy atom. The number of nitrogens with zero attached hydrogens (tertiary/aromatic N) is 2. The van der Waals surface area contributed by atoms with Gasteiger partial charge in [0.2, 0.25) is 0 Å². The van der Waals surface area contributed by atoms with Crippen molar-refractivity contribution < 1.29 is 14.0 Å². The first kappa shape index (κ1) is 14.1. The lowest BCUT2D eigenvalue weighted by atomic mass is 10.1. The fraction of sp³-hybridized carbons (Fsp3) is 0.176. The van der Waals surface area contributed by atoms with Crippen molar-refractivity contribution in [2.75, 3.05) is 14.1 Å². The number of amides is 2. The maximum absolute atomic E-state index is 12.6. The van der Waals surface area contributed by atoms with E-state index < -0.39 is 6.04 Å². The molecule has 1 fully saturated rings. The van der Waals surface area contributed by atoms with Crippen LogP contribution < -0.4 is 0 Å². The highest BCUT2D eigenvalue weighted by molar-refractivity contribution is 6.07. The number of hydrogen-bond acceptors (Lipinski definition) is 3. The van der Waals surface area contributed by atoms with Gasteiger partial charge in [-0.15, -0.1) is 0 Å². The first-order chi connectivity index (χ1) is 10.6. The van der Waals surface area contributed by atoms with Crippen molar-refractivity contribution in [3.8, 4) is 0 Å². The van der Waals surface area contributed by atoms with E-state index >= 15 is 0 Å². The van der Waals surface area contributed by atoms with E-state index in [1.165, 1.54) is 16.1 Å². The Hall–Kier alpha value is -2.82. The minimum atomic E-state index is -0.722. The molecule has 0 N–H and O–H groups in total. The number of hydrogen-bond donors (Lipinski definition) is 0. The number of carbonyl (C=O) groups is 2. The van der Waals surface area contributed by atoms with Gasteiger partial charge < -0.3 is 14.2 Å². The van der Waals surface area contributed by atoms with Crippen LogP contribution in [0.3, 0.4) is 0 Å². The molecular weight excluding hydrogens is 280 g/mol. The lowest BCUT2D eigenvalue weighted by Crippen LogP contribution is -2.50. The molecule has 5 heteroatoms. The van der Waals surface area contributed by atoms with Gasteiger partial charge in [0.15, 0.2) is 6.04 Å². The Morgan fingerprint density at radius 3 is 2.41 bits per heavy atom. The van der Waals surface area contributed by atoms with Crippen LogP contribution in [0.15, 0.2) is 58.8 Å². The predicted molar refractivity (Wildman–Crippen MR) is 81.4 cm³/mol. The number of rotatable bonds is 2. The maximum atomic E-state index is 12.6. The molecule has 1 aliphatic rings. The smallest absolute Gasteiger partial charge is 0.271 e. The van der Waals surface area contributed by atoms with Gasteiger partial charge in [-0.05, 0) is 23.8 Å². The van der Waals surface area contributed by atoms with Gasteiger partial charge in [-0.1, -0.05) is 30.3 Å². The predicted octanol–water partition coefficient (Wildman–Crippen LogP) is 2.29. The normalized spacial score (nSPS) is 20.8. The van der Waals surface area contributed by atoms with E-state index in [1.807, 2.05) is 30.3 Å². The minimum Gasteiger partial charge on any atom is -0.467 e. The zero-order chi connectivity index (χ0) is 15.7. The van der Waals surface area contributed by atoms with Crippen molar-refractivity contribution in [1.82, 2.24) is 9.80 Å². The molecule has 1 aromatic heterocycles. The summed E-state index contributed by atoms with van der Waals surface area (Å²) in [5.74, 6) is 0.0537. The van der Waals surface area contributed by atoms with Crippen molar-refractivity contribution in [3.63, 3.8) is 0 Å². The van der Waals surface area contributed by atoms with E-state index in [-0.39, 0.29) is 11.8 Å². The summed E-state index contributed by atoms with van der Waals surface area (Å²) in [6.45, 7) is 0. The molecular formula is C17H16N2O3. The SMILES string of the molecule is CN1C(=O)C(c2ccco2)N(C)C(=O)C1=Cc1ccccc1. The number of piperazine rings is 1. The van der Waals surface area contributed by atoms with Crippen LogP contribution in [0.4, 0.5) is 0 Å². The second-order valence-electron chi connectivity index (χ2n) is 5.17. The average Bonchev–Trinajstić information content (AvgIpc) is 3.05. The molecule has 1 aromatic carbocycles. The fourth-order valence-electron chi connectivity index (χ4n) is 2.53. The zero-order valence-electron chi connectivity index (χ0n) is 12.4. The molecule has 2 amide bonds. The van der Waals surface area contributed by atoms with Crippen molar-refractivity contribution in [3.05, 3.63) is 65.7 Å². The third kappa shape index (κ3) is 2.30. The van der Waals surface area contributed by atoms with Gasteiger partial charge in [-0.3, -0.25) is 9.59 Å². The summed E-state index contributed by atoms with van der Waals surface area (Å²) in [7, 11) is 3.22. The van der Waals surface area contributed by atoms with E-state index in [4.69, 9.17) is 4.42 Å². The van der Waals surface area contributed by atoms with E-state index in [1.54, 1.807) is 32.3 Å². The van der Waals surface area contributed by atoms with E-state index in [9.17, 15) is 9.59 Å². The Kier molecular flexibility index (Phi) is 3.55. The van der Waals surface area contributed by atoms with Crippen LogP contribution in [-0.2, 0) is 9.59 Å². The Balaban J connectivity index is 1.99. The van der Waals surface area contributed by atoms with Crippen LogP contribution in [0.2, 0.25) is 0 Å². The summed E-state index contributed by atoms with van der Waals surface area (Å²) in [4.78, 5) is 28.0. The standard InChI is InChI=1S/C17H16N2O3/c1-18-13(11-12-7-4-3-5-8-12)16(20)19(2)15(17(18)21)14-9-6-10-22-14/h3-11,15H,1-2H3. The number of benzene rings is 1. The van der Waals surface area contributed by atoms with Gasteiger partial charge in [0.05, 0.1) is 6.26 Å². The zero-order valence-corrected chi connectivity index (χ0v) is 12.4. The van der Waals surface area contributed by atoms with Gasteiger partial charge >= 0.3 is 0 Å². The van der Waals surface area contributed by atoms with E-state index in [0.717, 1.165) is 5.56 Å². The maximum Gasteiger partial charge on any atom is 0.271 e. The van der Waals surface area contributed by atoms with Crippen LogP contribution in [0, 0.1) is 0 Å². The summed E-state index contributed by atoms with van der Waals surface area (Å²) < 4.78 is 5.30. The molecule has 0 radical (unpaired) electrons. The summed E-state index contributed by atoms with van der Waals surface area (Å²) in [5.41, 5.74) is 1.22. The molecule has 0 saturated carbocycles. The van der Waals surface area contributed by atoms with Crippen molar-refractivity contribution in [1.29, 1.82) is 0 Å². The van der Waals surface area contributed by atoms with Gasteiger partial charge in [-0.2, -0.15) is 0 Å². The Labute approximate surface area is 128 Å². The number of carbonyl (C=O) groups excluding carboxylic acids is 2. The summed E-state index contributed by atoms with van der Waals surface area (Å²) in [5, 5.41) is 0. The van der Waals surface area contributed by atoms with Crippen molar-refractivity contribution in [2.45, 2.75) is 6.04 Å². The molecule has 0 aliphatic carbocycles. The molecule has 2 heterocycles. The molecule has 1 atom stereocenters. The molecule has 0 bridgehead atoms. The van der Waals surface area contributed by atoms with Crippen LogP contribution in [0.1, 0.15) is 17.4 Å². The number of likely N-dealkylation sites (N-methyl/N-ethyl adjacent to an activating group) is 2. The van der Waals surface area contributed by atoms with Crippen molar-refractivity contribution >= 4 is 17.9 Å². The first-order valence-electron chi connectivity index (χ1n) is 6.94. The van der Waals surface area contributed by atoms with Gasteiger partial charge in [-0.25, -0.2) is 0 Å². The Morgan fingerprint density at radius 1 is 1.05 bits per heavy atom. The average molecular weight is 296 g/mol. The molecule has 5 nitrogen and oxygen atoms in total. The van der Waals surface area contributed by atoms with Gasteiger partial charge in [0.25, 0.3) is 11.8 Å². The van der Waals surface area contributed by atoms with Crippen LogP contribution >= 0.6 is 0 Å². The van der Waals surface area contributed by atoms with Crippen LogP contribution in [0.25, 0.3) is 6.08 Å². The molecule has 112 valence electrons. The monoisotopic (exact) mass is 296 g/mol. The minimum absolute atomic E-state index is 0.195. The highest BCUT2D eigenvalue weighted by atomic mass is 16.3. The van der Waals surface area contributed by atoms with Gasteiger partial charge in [0, 0.05) is 14.1 Å². The van der Waals surface area contributed by atoms with Gasteiger partial charge in [0.1, 0.15) is 11.5 Å². The van der Waals surface area contributed by atoms with Crippen LogP contribution in [0.5, 0.6) is 0 Å². The third-order valence-electron chi connectivity index (χ3n) is 3.77. The lowest BCUT2D eigenvalue weighted by Gasteiger charge is -2.37. The largest absolute Gasteiger partial charge is 0.467 e. The molecule has 2 aromatic rings. The molecule has 1 unspecified atom stereocenters. The quantitative estimate of drug-likeness (QED) is 0.799. The summed E-state index contributed by atoms with van der Waals surface area (Å²) >= 11 is 0. The third-order valence-corrected chi connectivity index (χ3v) is 3.77. The molecule has 3 rings (SSSR count). The molecule has 1 aliphatic heterocycles. The first-order valence-corrected chi connectivity index (χ1v) is 6.94. The highest BCUT2D eigenvalue weighted by Crippen LogP contribution is 2.30. The van der Waals surface area contributed by atoms with E-state index in [2.05, 4.69) is 0 Å². The Bertz CT molecular complexity index is 720. The summed E-state index contributed by atoms with van der Waals surface area (Å²) in [6, 6.07) is 12.1. The summed E-state index contributed by atoms with van der Waals surface area (Å²) in [6.07, 6.45) is 3.21. The number of furan rings is 1. The fourth-order valence-corrected chi connectivity index (χ4v) is 2.53. The molecule has 22 heavy (non-hydrogen) atoms. The topological polar surface area (TPSA) is 53.8 Å². The molecule has 0 spiro atoms. The highest BCUT2D eigenvalue weighted by Gasteiger charge is 2.41. The second-order valence-corrected chi connectivity index (χ2v) is 5.17.